The number of hydrogen-bond donors (Lipinski definition) is 1. The largest absolute Gasteiger partial charge is 0.392 e. The first-order chi connectivity index (χ1) is 15.5. The topological polar surface area (TPSA) is 38.0 Å². The van der Waals surface area contributed by atoms with Gasteiger partial charge in [-0.3, -0.25) is 0 Å². The molecule has 6 rings (SSSR count). The van der Waals surface area contributed by atoms with E-state index in [-0.39, 0.29) is 28.7 Å². The van der Waals surface area contributed by atoms with Crippen LogP contribution in [0.25, 0.3) is 11.8 Å². The Kier molecular flexibility index (Phi) is 4.45. The van der Waals surface area contributed by atoms with E-state index in [0.717, 1.165) is 49.9 Å². The molecule has 0 bridgehead atoms. The Labute approximate surface area is 188 Å². The average Bonchev–Trinajstić information content (AvgIpc) is 3.53. The zero-order chi connectivity index (χ0) is 21.9. The van der Waals surface area contributed by atoms with E-state index in [0.29, 0.717) is 0 Å². The second-order valence-electron chi connectivity index (χ2n) is 10.2. The van der Waals surface area contributed by atoms with Crippen molar-refractivity contribution in [3.63, 3.8) is 0 Å². The van der Waals surface area contributed by atoms with Gasteiger partial charge in [0.15, 0.2) is 0 Å². The van der Waals surface area contributed by atoms with Gasteiger partial charge in [-0.05, 0) is 91.3 Å². The number of nitrogens with zero attached hydrogens (tertiary/aromatic N) is 2. The maximum absolute atomic E-state index is 13.4. The molecule has 2 aromatic carbocycles. The molecule has 3 aliphatic carbocycles. The van der Waals surface area contributed by atoms with Gasteiger partial charge in [-0.1, -0.05) is 42.8 Å². The highest BCUT2D eigenvalue weighted by molar-refractivity contribution is 5.61. The highest BCUT2D eigenvalue weighted by atomic mass is 19.1. The minimum absolute atomic E-state index is 0.0638. The minimum atomic E-state index is -0.340. The third-order valence-electron chi connectivity index (χ3n) is 8.42. The molecule has 2 fully saturated rings. The molecule has 3 aromatic rings. The summed E-state index contributed by atoms with van der Waals surface area (Å²) >= 11 is 0. The molecule has 0 amide bonds. The van der Waals surface area contributed by atoms with Gasteiger partial charge in [-0.15, -0.1) is 0 Å². The fourth-order valence-corrected chi connectivity index (χ4v) is 6.42. The molecule has 0 radical (unpaired) electrons. The summed E-state index contributed by atoms with van der Waals surface area (Å²) < 4.78 is 15.3. The van der Waals surface area contributed by atoms with Gasteiger partial charge < -0.3 is 5.11 Å². The van der Waals surface area contributed by atoms with Crippen LogP contribution in [0, 0.1) is 17.2 Å². The lowest BCUT2D eigenvalue weighted by molar-refractivity contribution is -0.00229. The Morgan fingerprint density at radius 2 is 1.84 bits per heavy atom. The fourth-order valence-electron chi connectivity index (χ4n) is 6.42. The molecule has 0 unspecified atom stereocenters. The van der Waals surface area contributed by atoms with Crippen molar-refractivity contribution in [1.82, 2.24) is 9.78 Å². The Bertz CT molecular complexity index is 1180. The zero-order valence-electron chi connectivity index (χ0n) is 18.5. The molecule has 1 N–H and O–H groups in total. The lowest BCUT2D eigenvalue weighted by Gasteiger charge is -2.49. The molecule has 32 heavy (non-hydrogen) atoms. The summed E-state index contributed by atoms with van der Waals surface area (Å²) in [5.41, 5.74) is 5.75. The number of allylic oxidation sites excluding steroid dienone is 1. The number of fused-ring (bicyclic) bond motifs is 2. The number of aliphatic hydroxyl groups is 1. The highest BCUT2D eigenvalue weighted by Crippen LogP contribution is 2.60. The molecule has 1 heterocycles. The number of aromatic nitrogens is 2. The van der Waals surface area contributed by atoms with Crippen LogP contribution in [0.1, 0.15) is 55.8 Å². The van der Waals surface area contributed by atoms with Crippen LogP contribution < -0.4 is 0 Å². The highest BCUT2D eigenvalue weighted by Gasteiger charge is 2.57. The molecular formula is C28H29FN2O. The fraction of sp³-hybridized carbons (Fsp3) is 0.393. The molecule has 3 atom stereocenters. The van der Waals surface area contributed by atoms with Crippen LogP contribution in [-0.4, -0.2) is 21.0 Å². The summed E-state index contributed by atoms with van der Waals surface area (Å²) in [6.45, 7) is 2.35. The van der Waals surface area contributed by atoms with Crippen molar-refractivity contribution in [3.8, 4) is 5.69 Å². The van der Waals surface area contributed by atoms with E-state index in [2.05, 4.69) is 48.4 Å². The maximum Gasteiger partial charge on any atom is 0.123 e. The van der Waals surface area contributed by atoms with Crippen molar-refractivity contribution in [1.29, 1.82) is 0 Å². The normalized spacial score (nSPS) is 26.6. The van der Waals surface area contributed by atoms with Crippen molar-refractivity contribution < 1.29 is 9.50 Å². The smallest absolute Gasteiger partial charge is 0.123 e. The third kappa shape index (κ3) is 2.92. The molecular weight excluding hydrogens is 399 g/mol. The van der Waals surface area contributed by atoms with E-state index in [9.17, 15) is 9.50 Å². The quantitative estimate of drug-likeness (QED) is 0.566. The van der Waals surface area contributed by atoms with Gasteiger partial charge in [0.25, 0.3) is 0 Å². The molecule has 0 spiro atoms. The molecule has 0 aliphatic heterocycles. The lowest BCUT2D eigenvalue weighted by atomic mass is 9.56. The average molecular weight is 429 g/mol. The zero-order valence-corrected chi connectivity index (χ0v) is 18.5. The van der Waals surface area contributed by atoms with Gasteiger partial charge in [-0.25, -0.2) is 9.07 Å². The first kappa shape index (κ1) is 19.9. The van der Waals surface area contributed by atoms with Crippen LogP contribution in [0.4, 0.5) is 4.39 Å². The van der Waals surface area contributed by atoms with E-state index in [4.69, 9.17) is 0 Å². The van der Waals surface area contributed by atoms with Gasteiger partial charge in [0.1, 0.15) is 5.82 Å². The Balaban J connectivity index is 1.36. The molecule has 164 valence electrons. The summed E-state index contributed by atoms with van der Waals surface area (Å²) in [6.07, 6.45) is 10.2. The predicted octanol–water partition coefficient (Wildman–Crippen LogP) is 5.85. The number of benzene rings is 2. The summed E-state index contributed by atoms with van der Waals surface area (Å²) in [6, 6.07) is 17.1. The Morgan fingerprint density at radius 3 is 2.56 bits per heavy atom. The summed E-state index contributed by atoms with van der Waals surface area (Å²) in [4.78, 5) is 0. The first-order valence-electron chi connectivity index (χ1n) is 11.8. The molecule has 0 saturated heterocycles. The molecule has 1 aromatic heterocycles. The van der Waals surface area contributed by atoms with E-state index in [1.165, 1.54) is 28.8 Å². The van der Waals surface area contributed by atoms with Crippen molar-refractivity contribution in [2.45, 2.75) is 57.0 Å². The number of halogens is 1. The summed E-state index contributed by atoms with van der Waals surface area (Å²) in [5.74, 6) is -0.00948. The SMILES string of the molecule is C[C@]12Cc3cnn(-c4ccc(F)cc4)c3C=C1CCC[C@@H]2[C@@H](O)C1(c2ccccc2)CC1. The van der Waals surface area contributed by atoms with Gasteiger partial charge in [0, 0.05) is 5.41 Å². The van der Waals surface area contributed by atoms with Crippen LogP contribution in [0.3, 0.4) is 0 Å². The van der Waals surface area contributed by atoms with Crippen LogP contribution in [0.2, 0.25) is 0 Å². The maximum atomic E-state index is 13.4. The van der Waals surface area contributed by atoms with E-state index < -0.39 is 0 Å². The van der Waals surface area contributed by atoms with Crippen molar-refractivity contribution >= 4 is 6.08 Å². The summed E-state index contributed by atoms with van der Waals surface area (Å²) in [5, 5.41) is 16.4. The van der Waals surface area contributed by atoms with Crippen molar-refractivity contribution in [3.05, 3.63) is 89.0 Å². The van der Waals surface area contributed by atoms with Gasteiger partial charge in [0.05, 0.1) is 23.7 Å². The summed E-state index contributed by atoms with van der Waals surface area (Å²) in [7, 11) is 0. The number of rotatable bonds is 4. The first-order valence-corrected chi connectivity index (χ1v) is 11.8. The Morgan fingerprint density at radius 1 is 1.09 bits per heavy atom. The molecule has 3 nitrogen and oxygen atoms in total. The van der Waals surface area contributed by atoms with E-state index >= 15 is 0 Å². The number of hydrogen-bond acceptors (Lipinski definition) is 2. The van der Waals surface area contributed by atoms with Gasteiger partial charge in [0.2, 0.25) is 0 Å². The lowest BCUT2D eigenvalue weighted by Crippen LogP contribution is -2.47. The second-order valence-corrected chi connectivity index (χ2v) is 10.2. The molecule has 4 heteroatoms. The van der Waals surface area contributed by atoms with Crippen LogP contribution in [-0.2, 0) is 11.8 Å². The third-order valence-corrected chi connectivity index (χ3v) is 8.42. The number of aliphatic hydroxyl groups excluding tert-OH is 1. The monoisotopic (exact) mass is 428 g/mol. The molecule has 2 saturated carbocycles. The second kappa shape index (κ2) is 7.14. The van der Waals surface area contributed by atoms with Crippen LogP contribution in [0.5, 0.6) is 0 Å². The van der Waals surface area contributed by atoms with E-state index in [1.54, 1.807) is 12.1 Å². The van der Waals surface area contributed by atoms with Gasteiger partial charge >= 0.3 is 0 Å². The Hall–Kier alpha value is -2.72. The minimum Gasteiger partial charge on any atom is -0.392 e. The van der Waals surface area contributed by atoms with Gasteiger partial charge in [-0.2, -0.15) is 5.10 Å². The van der Waals surface area contributed by atoms with Crippen LogP contribution >= 0.6 is 0 Å². The van der Waals surface area contributed by atoms with Crippen LogP contribution in [0.15, 0.2) is 66.4 Å². The molecule has 3 aliphatic rings. The van der Waals surface area contributed by atoms with E-state index in [1.807, 2.05) is 10.9 Å². The predicted molar refractivity (Wildman–Crippen MR) is 124 cm³/mol. The van der Waals surface area contributed by atoms with Crippen molar-refractivity contribution in [2.24, 2.45) is 11.3 Å². The standard InChI is InChI=1S/C28H29FN2O/c1-27-17-19-18-30-31(23-12-10-22(29)11-13-23)25(19)16-21(27)8-5-9-24(27)26(32)28(14-15-28)20-6-3-2-4-7-20/h2-4,6-7,10-13,16,18,24,26,32H,5,8-9,14-15,17H2,1H3/t24-,26-,27+/m1/s1. The van der Waals surface area contributed by atoms with Crippen molar-refractivity contribution in [2.75, 3.05) is 0 Å².